The molecule has 2 N–H and O–H groups in total. The average molecular weight is 445 g/mol. The Labute approximate surface area is 186 Å². The van der Waals surface area contributed by atoms with Crippen molar-refractivity contribution in [2.24, 2.45) is 28.7 Å². The zero-order valence-electron chi connectivity index (χ0n) is 17.7. The molecule has 1 saturated heterocycles. The minimum Gasteiger partial charge on any atom is -0.356 e. The lowest BCUT2D eigenvalue weighted by atomic mass is 9.85. The smallest absolute Gasteiger partial charge is 0.233 e. The van der Waals surface area contributed by atoms with Crippen molar-refractivity contribution in [2.45, 2.75) is 24.2 Å². The lowest BCUT2D eigenvalue weighted by molar-refractivity contribution is -0.140. The van der Waals surface area contributed by atoms with Gasteiger partial charge in [-0.3, -0.25) is 19.5 Å². The van der Waals surface area contributed by atoms with Gasteiger partial charge in [0.1, 0.15) is 5.82 Å². The fourth-order valence-electron chi connectivity index (χ4n) is 4.85. The largest absolute Gasteiger partial charge is 0.356 e. The molecule has 31 heavy (non-hydrogen) atoms. The van der Waals surface area contributed by atoms with E-state index in [-0.39, 0.29) is 41.3 Å². The van der Waals surface area contributed by atoms with Crippen LogP contribution >= 0.6 is 11.8 Å². The van der Waals surface area contributed by atoms with Crippen LogP contribution in [0.4, 0.5) is 4.39 Å². The third-order valence-electron chi connectivity index (χ3n) is 6.33. The van der Waals surface area contributed by atoms with Crippen molar-refractivity contribution >= 4 is 29.5 Å². The summed E-state index contributed by atoms with van der Waals surface area (Å²) in [4.78, 5) is 32.1. The van der Waals surface area contributed by atoms with E-state index in [9.17, 15) is 14.0 Å². The second-order valence-corrected chi connectivity index (χ2v) is 9.43. The quantitative estimate of drug-likeness (QED) is 0.153. The molecule has 2 aliphatic carbocycles. The van der Waals surface area contributed by atoms with Gasteiger partial charge in [-0.1, -0.05) is 12.2 Å². The van der Waals surface area contributed by atoms with Crippen LogP contribution < -0.4 is 10.6 Å². The Kier molecular flexibility index (Phi) is 6.95. The Morgan fingerprint density at radius 3 is 2.29 bits per heavy atom. The van der Waals surface area contributed by atoms with Crippen LogP contribution in [0.2, 0.25) is 0 Å². The number of aliphatic imine (C=N–C) groups is 1. The molecule has 1 aromatic carbocycles. The number of allylic oxidation sites excluding steroid dienone is 2. The molecule has 1 aliphatic heterocycles. The molecule has 0 radical (unpaired) electrons. The molecule has 4 rings (SSSR count). The van der Waals surface area contributed by atoms with Crippen LogP contribution in [-0.4, -0.2) is 55.1 Å². The SMILES string of the molecule is CN=C(NCCCSc1ccc(F)cc1)NCCCN1C(=O)C2C3C=CC(C3)C2C1=O. The fourth-order valence-corrected chi connectivity index (χ4v) is 5.70. The van der Waals surface area contributed by atoms with Gasteiger partial charge in [-0.05, 0) is 61.1 Å². The van der Waals surface area contributed by atoms with Crippen molar-refractivity contribution in [1.82, 2.24) is 15.5 Å². The Bertz CT molecular complexity index is 843. The molecule has 2 bridgehead atoms. The van der Waals surface area contributed by atoms with E-state index in [2.05, 4.69) is 27.8 Å². The first-order chi connectivity index (χ1) is 15.1. The summed E-state index contributed by atoms with van der Waals surface area (Å²) in [6.45, 7) is 1.88. The highest BCUT2D eigenvalue weighted by molar-refractivity contribution is 7.99. The number of nitrogens with one attached hydrogen (secondary N) is 2. The summed E-state index contributed by atoms with van der Waals surface area (Å²) in [5, 5.41) is 6.52. The Hall–Kier alpha value is -2.35. The van der Waals surface area contributed by atoms with Gasteiger partial charge in [-0.15, -0.1) is 11.8 Å². The van der Waals surface area contributed by atoms with Crippen molar-refractivity contribution in [1.29, 1.82) is 0 Å². The number of benzene rings is 1. The molecular weight excluding hydrogens is 415 g/mol. The summed E-state index contributed by atoms with van der Waals surface area (Å²) < 4.78 is 12.9. The maximum Gasteiger partial charge on any atom is 0.233 e. The molecule has 1 heterocycles. The fraction of sp³-hybridized carbons (Fsp3) is 0.522. The molecule has 1 aromatic rings. The predicted octanol–water partition coefficient (Wildman–Crippen LogP) is 2.67. The zero-order chi connectivity index (χ0) is 21.8. The summed E-state index contributed by atoms with van der Waals surface area (Å²) in [6, 6.07) is 6.53. The Morgan fingerprint density at radius 1 is 1.06 bits per heavy atom. The van der Waals surface area contributed by atoms with E-state index in [1.54, 1.807) is 30.9 Å². The van der Waals surface area contributed by atoms with Crippen LogP contribution in [-0.2, 0) is 9.59 Å². The molecule has 4 unspecified atom stereocenters. The van der Waals surface area contributed by atoms with Gasteiger partial charge in [0.25, 0.3) is 0 Å². The summed E-state index contributed by atoms with van der Waals surface area (Å²) in [5.74, 6) is 1.76. The zero-order valence-corrected chi connectivity index (χ0v) is 18.5. The van der Waals surface area contributed by atoms with Crippen molar-refractivity contribution in [3.63, 3.8) is 0 Å². The van der Waals surface area contributed by atoms with Crippen LogP contribution in [0, 0.1) is 29.5 Å². The third kappa shape index (κ3) is 4.79. The van der Waals surface area contributed by atoms with Crippen molar-refractivity contribution in [3.05, 3.63) is 42.2 Å². The van der Waals surface area contributed by atoms with Gasteiger partial charge >= 0.3 is 0 Å². The van der Waals surface area contributed by atoms with Gasteiger partial charge in [-0.2, -0.15) is 0 Å². The number of amides is 2. The number of nitrogens with zero attached hydrogens (tertiary/aromatic N) is 2. The number of carbonyl (C=O) groups excluding carboxylic acids is 2. The number of hydrogen-bond acceptors (Lipinski definition) is 4. The third-order valence-corrected chi connectivity index (χ3v) is 7.43. The second-order valence-electron chi connectivity index (χ2n) is 8.26. The van der Waals surface area contributed by atoms with E-state index in [4.69, 9.17) is 0 Å². The lowest BCUT2D eigenvalue weighted by Crippen LogP contribution is -2.40. The standard InChI is InChI=1S/C23H29FN4O2S/c1-25-23(27-11-3-13-31-18-8-6-17(24)7-9-18)26-10-2-12-28-21(29)19-15-4-5-16(14-15)20(19)22(28)30/h4-9,15-16,19-20H,2-3,10-14H2,1H3,(H2,25,26,27). The predicted molar refractivity (Wildman–Crippen MR) is 120 cm³/mol. The highest BCUT2D eigenvalue weighted by atomic mass is 32.2. The van der Waals surface area contributed by atoms with Crippen molar-refractivity contribution < 1.29 is 14.0 Å². The van der Waals surface area contributed by atoms with Gasteiger partial charge in [0.2, 0.25) is 11.8 Å². The number of thioether (sulfide) groups is 1. The first kappa shape index (κ1) is 21.9. The maximum absolute atomic E-state index is 12.9. The van der Waals surface area contributed by atoms with Crippen molar-refractivity contribution in [2.75, 3.05) is 32.4 Å². The molecule has 166 valence electrons. The van der Waals surface area contributed by atoms with E-state index in [1.807, 2.05) is 0 Å². The monoisotopic (exact) mass is 444 g/mol. The number of hydrogen-bond donors (Lipinski definition) is 2. The van der Waals surface area contributed by atoms with Crippen LogP contribution in [0.3, 0.4) is 0 Å². The van der Waals surface area contributed by atoms with Gasteiger partial charge in [0, 0.05) is 31.6 Å². The molecule has 3 aliphatic rings. The van der Waals surface area contributed by atoms with E-state index in [0.29, 0.717) is 25.5 Å². The number of guanidine groups is 1. The Morgan fingerprint density at radius 2 is 1.68 bits per heavy atom. The first-order valence-corrected chi connectivity index (χ1v) is 11.9. The minimum absolute atomic E-state index is 0.0213. The molecular formula is C23H29FN4O2S. The Balaban J connectivity index is 1.11. The minimum atomic E-state index is -0.216. The van der Waals surface area contributed by atoms with E-state index in [1.165, 1.54) is 17.0 Å². The lowest BCUT2D eigenvalue weighted by Gasteiger charge is -2.18. The molecule has 2 amide bonds. The highest BCUT2D eigenvalue weighted by Gasteiger charge is 2.58. The maximum atomic E-state index is 12.9. The van der Waals surface area contributed by atoms with Gasteiger partial charge in [0.15, 0.2) is 5.96 Å². The van der Waals surface area contributed by atoms with Crippen LogP contribution in [0.25, 0.3) is 0 Å². The molecule has 0 aromatic heterocycles. The van der Waals surface area contributed by atoms with Crippen molar-refractivity contribution in [3.8, 4) is 0 Å². The summed E-state index contributed by atoms with van der Waals surface area (Å²) in [5.41, 5.74) is 0. The van der Waals surface area contributed by atoms with Gasteiger partial charge in [-0.25, -0.2) is 4.39 Å². The second kappa shape index (κ2) is 9.85. The number of rotatable bonds is 9. The van der Waals surface area contributed by atoms with E-state index in [0.717, 1.165) is 30.0 Å². The molecule has 0 spiro atoms. The van der Waals surface area contributed by atoms with E-state index >= 15 is 0 Å². The number of fused-ring (bicyclic) bond motifs is 5. The molecule has 4 atom stereocenters. The number of carbonyl (C=O) groups is 2. The van der Waals surface area contributed by atoms with Gasteiger partial charge < -0.3 is 10.6 Å². The topological polar surface area (TPSA) is 73.8 Å². The van der Waals surface area contributed by atoms with Gasteiger partial charge in [0.05, 0.1) is 11.8 Å². The average Bonchev–Trinajstić information content (AvgIpc) is 3.45. The van der Waals surface area contributed by atoms with E-state index < -0.39 is 0 Å². The van der Waals surface area contributed by atoms with Crippen LogP contribution in [0.5, 0.6) is 0 Å². The molecule has 6 nitrogen and oxygen atoms in total. The van der Waals surface area contributed by atoms with Crippen LogP contribution in [0.1, 0.15) is 19.3 Å². The molecule has 8 heteroatoms. The summed E-state index contributed by atoms with van der Waals surface area (Å²) in [6.07, 6.45) is 6.85. The molecule has 1 saturated carbocycles. The summed E-state index contributed by atoms with van der Waals surface area (Å²) >= 11 is 1.70. The van der Waals surface area contributed by atoms with Crippen LogP contribution in [0.15, 0.2) is 46.3 Å². The normalized spacial score (nSPS) is 26.6. The molecule has 2 fully saturated rings. The number of halogens is 1. The first-order valence-electron chi connectivity index (χ1n) is 10.9. The summed E-state index contributed by atoms with van der Waals surface area (Å²) in [7, 11) is 1.72. The number of imide groups is 1. The number of likely N-dealkylation sites (tertiary alicyclic amines) is 1. The highest BCUT2D eigenvalue weighted by Crippen LogP contribution is 2.52.